The van der Waals surface area contributed by atoms with Gasteiger partial charge < -0.3 is 0 Å². The van der Waals surface area contributed by atoms with Crippen LogP contribution in [0.15, 0.2) is 23.1 Å². The summed E-state index contributed by atoms with van der Waals surface area (Å²) in [6.07, 6.45) is -4.14. The van der Waals surface area contributed by atoms with Crippen LogP contribution in [0.3, 0.4) is 0 Å². The molecule has 1 unspecified atom stereocenters. The maximum Gasteiger partial charge on any atom is 0.405 e. The number of sulfonamides is 1. The molecule has 0 bridgehead atoms. The van der Waals surface area contributed by atoms with Crippen molar-refractivity contribution in [3.63, 3.8) is 0 Å². The minimum Gasteiger partial charge on any atom is -0.207 e. The van der Waals surface area contributed by atoms with Crippen molar-refractivity contribution < 1.29 is 26.0 Å². The van der Waals surface area contributed by atoms with Crippen molar-refractivity contribution in [1.82, 2.24) is 4.31 Å². The van der Waals surface area contributed by atoms with Crippen molar-refractivity contribution in [2.24, 2.45) is 0 Å². The van der Waals surface area contributed by atoms with E-state index >= 15 is 0 Å². The monoisotopic (exact) mass is 325 g/mol. The summed E-state index contributed by atoms with van der Waals surface area (Å²) >= 11 is 0. The minimum absolute atomic E-state index is 0.0802. The van der Waals surface area contributed by atoms with Gasteiger partial charge in [-0.05, 0) is 43.5 Å². The molecule has 3 nitrogen and oxygen atoms in total. The van der Waals surface area contributed by atoms with E-state index in [4.69, 9.17) is 0 Å². The number of hydrogen-bond acceptors (Lipinski definition) is 2. The van der Waals surface area contributed by atoms with E-state index in [9.17, 15) is 26.0 Å². The van der Waals surface area contributed by atoms with Crippen LogP contribution in [0.25, 0.3) is 0 Å². The van der Waals surface area contributed by atoms with Gasteiger partial charge in [-0.3, -0.25) is 0 Å². The molecule has 0 saturated carbocycles. The summed E-state index contributed by atoms with van der Waals surface area (Å²) in [5.74, 6) is -0.597. The van der Waals surface area contributed by atoms with Gasteiger partial charge in [-0.25, -0.2) is 12.8 Å². The van der Waals surface area contributed by atoms with E-state index in [0.29, 0.717) is 17.1 Å². The van der Waals surface area contributed by atoms with E-state index < -0.39 is 28.1 Å². The first-order valence-corrected chi connectivity index (χ1v) is 7.93. The zero-order valence-electron chi connectivity index (χ0n) is 11.3. The lowest BCUT2D eigenvalue weighted by Gasteiger charge is -2.35. The van der Waals surface area contributed by atoms with Crippen LogP contribution in [-0.2, 0) is 10.0 Å². The van der Waals surface area contributed by atoms with Gasteiger partial charge in [-0.2, -0.15) is 17.5 Å². The number of aryl methyl sites for hydroxylation is 1. The SMILES string of the molecule is Cc1cc(S(=O)(=O)N2CCCCC2C(F)(F)F)ccc1F. The lowest BCUT2D eigenvalue weighted by atomic mass is 10.0. The molecule has 1 aromatic carbocycles. The number of benzene rings is 1. The zero-order valence-corrected chi connectivity index (χ0v) is 12.1. The van der Waals surface area contributed by atoms with Crippen LogP contribution >= 0.6 is 0 Å². The molecule has 0 spiro atoms. The number of rotatable bonds is 2. The predicted molar refractivity (Wildman–Crippen MR) is 68.7 cm³/mol. The maximum absolute atomic E-state index is 13.2. The third-order valence-corrected chi connectivity index (χ3v) is 5.47. The molecule has 1 aliphatic rings. The van der Waals surface area contributed by atoms with Crippen molar-refractivity contribution >= 4 is 10.0 Å². The molecule has 0 aliphatic carbocycles. The van der Waals surface area contributed by atoms with Gasteiger partial charge in [0.15, 0.2) is 0 Å². The van der Waals surface area contributed by atoms with Gasteiger partial charge in [0.1, 0.15) is 11.9 Å². The highest BCUT2D eigenvalue weighted by Crippen LogP contribution is 2.35. The second kappa shape index (κ2) is 5.57. The highest BCUT2D eigenvalue weighted by Gasteiger charge is 2.49. The molecule has 21 heavy (non-hydrogen) atoms. The minimum atomic E-state index is -4.61. The Morgan fingerprint density at radius 1 is 1.24 bits per heavy atom. The third-order valence-electron chi connectivity index (χ3n) is 3.57. The largest absolute Gasteiger partial charge is 0.405 e. The van der Waals surface area contributed by atoms with Crippen LogP contribution in [0.4, 0.5) is 17.6 Å². The summed E-state index contributed by atoms with van der Waals surface area (Å²) in [5.41, 5.74) is 0.0802. The molecule has 1 aromatic rings. The Morgan fingerprint density at radius 3 is 2.48 bits per heavy atom. The van der Waals surface area contributed by atoms with Crippen LogP contribution in [0.2, 0.25) is 0 Å². The standard InChI is InChI=1S/C13H15F4NO2S/c1-9-8-10(5-6-11(9)14)21(19,20)18-7-3-2-4-12(18)13(15,16)17/h5-6,8,12H,2-4,7H2,1H3. The van der Waals surface area contributed by atoms with Crippen LogP contribution in [0, 0.1) is 12.7 Å². The maximum atomic E-state index is 13.2. The molecule has 1 atom stereocenters. The molecular weight excluding hydrogens is 310 g/mol. The number of piperidine rings is 1. The van der Waals surface area contributed by atoms with Gasteiger partial charge in [0.05, 0.1) is 4.90 Å². The first kappa shape index (κ1) is 16.2. The highest BCUT2D eigenvalue weighted by atomic mass is 32.2. The number of alkyl halides is 3. The van der Waals surface area contributed by atoms with Crippen molar-refractivity contribution in [2.45, 2.75) is 43.3 Å². The number of hydrogen-bond donors (Lipinski definition) is 0. The molecule has 8 heteroatoms. The van der Waals surface area contributed by atoms with Crippen LogP contribution in [-0.4, -0.2) is 31.5 Å². The van der Waals surface area contributed by atoms with Gasteiger partial charge in [0, 0.05) is 6.54 Å². The molecular formula is C13H15F4NO2S. The fourth-order valence-corrected chi connectivity index (χ4v) is 4.20. The molecule has 1 saturated heterocycles. The Labute approximate surface area is 120 Å². The molecule has 1 heterocycles. The van der Waals surface area contributed by atoms with Gasteiger partial charge in [-0.1, -0.05) is 6.42 Å². The Kier molecular flexibility index (Phi) is 4.30. The second-order valence-electron chi connectivity index (χ2n) is 5.08. The molecule has 1 fully saturated rings. The van der Waals surface area contributed by atoms with Crippen LogP contribution in [0.5, 0.6) is 0 Å². The molecule has 118 valence electrons. The summed E-state index contributed by atoms with van der Waals surface area (Å²) in [4.78, 5) is -0.308. The number of halogens is 4. The van der Waals surface area contributed by atoms with E-state index in [0.717, 1.165) is 18.2 Å². The first-order chi connectivity index (χ1) is 9.64. The van der Waals surface area contributed by atoms with Crippen LogP contribution < -0.4 is 0 Å². The van der Waals surface area contributed by atoms with Gasteiger partial charge in [-0.15, -0.1) is 0 Å². The average Bonchev–Trinajstić information content (AvgIpc) is 2.41. The van der Waals surface area contributed by atoms with Crippen molar-refractivity contribution in [1.29, 1.82) is 0 Å². The van der Waals surface area contributed by atoms with Gasteiger partial charge >= 0.3 is 6.18 Å². The molecule has 0 aromatic heterocycles. The van der Waals surface area contributed by atoms with Crippen molar-refractivity contribution in [2.75, 3.05) is 6.54 Å². The Bertz CT molecular complexity index is 628. The topological polar surface area (TPSA) is 37.4 Å². The molecule has 0 radical (unpaired) electrons. The molecule has 2 rings (SSSR count). The van der Waals surface area contributed by atoms with Crippen molar-refractivity contribution in [3.05, 3.63) is 29.6 Å². The third kappa shape index (κ3) is 3.21. The average molecular weight is 325 g/mol. The van der Waals surface area contributed by atoms with E-state index in [1.807, 2.05) is 0 Å². The Hall–Kier alpha value is -1.15. The quantitative estimate of drug-likeness (QED) is 0.783. The summed E-state index contributed by atoms with van der Waals surface area (Å²) < 4.78 is 77.6. The van der Waals surface area contributed by atoms with E-state index in [1.165, 1.54) is 6.92 Å². The normalized spacial score (nSPS) is 21.5. The summed E-state index contributed by atoms with van der Waals surface area (Å²) in [6, 6.07) is 1.00. The van der Waals surface area contributed by atoms with Crippen molar-refractivity contribution in [3.8, 4) is 0 Å². The van der Waals surface area contributed by atoms with E-state index in [-0.39, 0.29) is 23.4 Å². The summed E-state index contributed by atoms with van der Waals surface area (Å²) in [6.45, 7) is 1.19. The first-order valence-electron chi connectivity index (χ1n) is 6.49. The Morgan fingerprint density at radius 2 is 1.90 bits per heavy atom. The molecule has 0 amide bonds. The zero-order chi connectivity index (χ0) is 15.8. The van der Waals surface area contributed by atoms with E-state index in [2.05, 4.69) is 0 Å². The fourth-order valence-electron chi connectivity index (χ4n) is 2.43. The Balaban J connectivity index is 2.43. The molecule has 1 aliphatic heterocycles. The summed E-state index contributed by atoms with van der Waals surface area (Å²) in [7, 11) is -4.29. The van der Waals surface area contributed by atoms with Gasteiger partial charge in [0.25, 0.3) is 0 Å². The smallest absolute Gasteiger partial charge is 0.207 e. The predicted octanol–water partition coefficient (Wildman–Crippen LogP) is 3.24. The lowest BCUT2D eigenvalue weighted by Crippen LogP contribution is -2.51. The van der Waals surface area contributed by atoms with Gasteiger partial charge in [0.2, 0.25) is 10.0 Å². The fraction of sp³-hybridized carbons (Fsp3) is 0.538. The summed E-state index contributed by atoms with van der Waals surface area (Å²) in [5, 5.41) is 0. The molecule has 0 N–H and O–H groups in total. The van der Waals surface area contributed by atoms with E-state index in [1.54, 1.807) is 0 Å². The lowest BCUT2D eigenvalue weighted by molar-refractivity contribution is -0.177. The second-order valence-corrected chi connectivity index (χ2v) is 6.97. The number of nitrogens with zero attached hydrogens (tertiary/aromatic N) is 1. The highest BCUT2D eigenvalue weighted by molar-refractivity contribution is 7.89. The van der Waals surface area contributed by atoms with Crippen LogP contribution in [0.1, 0.15) is 24.8 Å².